The van der Waals surface area contributed by atoms with Gasteiger partial charge in [-0.2, -0.15) is 0 Å². The minimum absolute atomic E-state index is 0.538. The number of hydrogen-bond donors (Lipinski definition) is 1. The number of rotatable bonds is 5. The van der Waals surface area contributed by atoms with Crippen molar-refractivity contribution in [1.29, 1.82) is 0 Å². The summed E-state index contributed by atoms with van der Waals surface area (Å²) in [4.78, 5) is 6.86. The minimum Gasteiger partial charge on any atom is -0.381 e. The van der Waals surface area contributed by atoms with E-state index in [4.69, 9.17) is 4.74 Å². The van der Waals surface area contributed by atoms with Gasteiger partial charge in [-0.05, 0) is 31.4 Å². The molecule has 1 atom stereocenters. The van der Waals surface area contributed by atoms with Gasteiger partial charge in [0.15, 0.2) is 0 Å². The fourth-order valence-electron chi connectivity index (χ4n) is 3.02. The molecule has 2 aliphatic rings. The summed E-state index contributed by atoms with van der Waals surface area (Å²) >= 11 is 0. The van der Waals surface area contributed by atoms with Crippen LogP contribution in [0.3, 0.4) is 0 Å². The number of hydrogen-bond acceptors (Lipinski definition) is 4. The first-order valence-corrected chi connectivity index (χ1v) is 7.86. The van der Waals surface area contributed by atoms with E-state index < -0.39 is 0 Å². The monoisotopic (exact) mass is 275 g/mol. The van der Waals surface area contributed by atoms with Crippen LogP contribution >= 0.6 is 0 Å². The van der Waals surface area contributed by atoms with Crippen molar-refractivity contribution in [1.82, 2.24) is 4.98 Å². The standard InChI is InChI=1S/C16H25N3O/c1-13(11-14-3-2-4-14)18-15-5-6-16(17-12-15)19-7-9-20-10-8-19/h5-6,12-14,18H,2-4,7-11H2,1H3. The largest absolute Gasteiger partial charge is 0.381 e. The topological polar surface area (TPSA) is 37.4 Å². The molecule has 1 saturated heterocycles. The quantitative estimate of drug-likeness (QED) is 0.896. The zero-order chi connectivity index (χ0) is 13.8. The maximum Gasteiger partial charge on any atom is 0.128 e. The van der Waals surface area contributed by atoms with Crippen LogP contribution in [-0.2, 0) is 4.74 Å². The summed E-state index contributed by atoms with van der Waals surface area (Å²) in [6.45, 7) is 5.77. The highest BCUT2D eigenvalue weighted by molar-refractivity contribution is 5.49. The van der Waals surface area contributed by atoms with Gasteiger partial charge in [-0.25, -0.2) is 4.98 Å². The Bertz CT molecular complexity index is 410. The fourth-order valence-corrected chi connectivity index (χ4v) is 3.02. The molecule has 3 rings (SSSR count). The van der Waals surface area contributed by atoms with Crippen LogP contribution in [0.4, 0.5) is 11.5 Å². The zero-order valence-electron chi connectivity index (χ0n) is 12.3. The number of morpholine rings is 1. The third kappa shape index (κ3) is 3.42. The molecule has 0 amide bonds. The lowest BCUT2D eigenvalue weighted by atomic mass is 9.81. The van der Waals surface area contributed by atoms with Crippen LogP contribution in [0.25, 0.3) is 0 Å². The molecule has 4 heteroatoms. The Labute approximate surface area is 121 Å². The molecule has 2 heterocycles. The van der Waals surface area contributed by atoms with E-state index >= 15 is 0 Å². The number of ether oxygens (including phenoxy) is 1. The van der Waals surface area contributed by atoms with Crippen molar-refractivity contribution in [3.05, 3.63) is 18.3 Å². The van der Waals surface area contributed by atoms with Crippen molar-refractivity contribution in [3.8, 4) is 0 Å². The molecule has 1 aliphatic carbocycles. The lowest BCUT2D eigenvalue weighted by molar-refractivity contribution is 0.122. The number of anilines is 2. The molecule has 0 radical (unpaired) electrons. The molecule has 1 aliphatic heterocycles. The van der Waals surface area contributed by atoms with Crippen LogP contribution in [0.1, 0.15) is 32.6 Å². The van der Waals surface area contributed by atoms with Gasteiger partial charge in [0.25, 0.3) is 0 Å². The highest BCUT2D eigenvalue weighted by Gasteiger charge is 2.20. The predicted octanol–water partition coefficient (Wildman–Crippen LogP) is 2.91. The van der Waals surface area contributed by atoms with E-state index in [2.05, 4.69) is 34.3 Å². The number of pyridine rings is 1. The second-order valence-electron chi connectivity index (χ2n) is 6.08. The summed E-state index contributed by atoms with van der Waals surface area (Å²) in [7, 11) is 0. The molecule has 0 spiro atoms. The van der Waals surface area contributed by atoms with E-state index in [1.54, 1.807) is 0 Å². The summed E-state index contributed by atoms with van der Waals surface area (Å²) in [6.07, 6.45) is 7.50. The maximum atomic E-state index is 5.37. The van der Waals surface area contributed by atoms with Crippen LogP contribution in [0, 0.1) is 5.92 Å². The third-order valence-corrected chi connectivity index (χ3v) is 4.41. The van der Waals surface area contributed by atoms with E-state index in [0.717, 1.165) is 43.7 Å². The van der Waals surface area contributed by atoms with Crippen molar-refractivity contribution >= 4 is 11.5 Å². The molecule has 110 valence electrons. The normalized spacial score (nSPS) is 21.4. The van der Waals surface area contributed by atoms with Gasteiger partial charge in [0.1, 0.15) is 5.82 Å². The van der Waals surface area contributed by atoms with Crippen molar-refractivity contribution in [2.75, 3.05) is 36.5 Å². The maximum absolute atomic E-state index is 5.37. The molecule has 1 N–H and O–H groups in total. The van der Waals surface area contributed by atoms with Crippen molar-refractivity contribution in [2.45, 2.75) is 38.6 Å². The fraction of sp³-hybridized carbons (Fsp3) is 0.688. The second kappa shape index (κ2) is 6.44. The number of nitrogens with zero attached hydrogens (tertiary/aromatic N) is 2. The van der Waals surface area contributed by atoms with Crippen LogP contribution in [0.2, 0.25) is 0 Å². The molecule has 1 unspecified atom stereocenters. The Morgan fingerprint density at radius 2 is 2.15 bits per heavy atom. The first-order valence-electron chi connectivity index (χ1n) is 7.86. The van der Waals surface area contributed by atoms with Crippen molar-refractivity contribution in [3.63, 3.8) is 0 Å². The Morgan fingerprint density at radius 3 is 2.75 bits per heavy atom. The molecular formula is C16H25N3O. The molecule has 20 heavy (non-hydrogen) atoms. The van der Waals surface area contributed by atoms with Crippen molar-refractivity contribution < 1.29 is 4.74 Å². The predicted molar refractivity (Wildman–Crippen MR) is 82.3 cm³/mol. The summed E-state index contributed by atoms with van der Waals surface area (Å²) in [5, 5.41) is 3.57. The molecule has 4 nitrogen and oxygen atoms in total. The molecule has 1 aromatic heterocycles. The SMILES string of the molecule is CC(CC1CCC1)Nc1ccc(N2CCOCC2)nc1. The van der Waals surface area contributed by atoms with Crippen LogP contribution in [-0.4, -0.2) is 37.3 Å². The molecule has 1 aromatic rings. The Hall–Kier alpha value is -1.29. The average molecular weight is 275 g/mol. The Morgan fingerprint density at radius 1 is 1.35 bits per heavy atom. The van der Waals surface area contributed by atoms with E-state index in [1.165, 1.54) is 25.7 Å². The highest BCUT2D eigenvalue weighted by Crippen LogP contribution is 2.31. The van der Waals surface area contributed by atoms with Gasteiger partial charge in [-0.3, -0.25) is 0 Å². The van der Waals surface area contributed by atoms with E-state index in [9.17, 15) is 0 Å². The summed E-state index contributed by atoms with van der Waals surface area (Å²) in [5.41, 5.74) is 1.13. The van der Waals surface area contributed by atoms with Crippen molar-refractivity contribution in [2.24, 2.45) is 5.92 Å². The number of aromatic nitrogens is 1. The Balaban J connectivity index is 1.52. The van der Waals surface area contributed by atoms with E-state index in [1.807, 2.05) is 6.20 Å². The van der Waals surface area contributed by atoms with Crippen LogP contribution in [0.15, 0.2) is 18.3 Å². The van der Waals surface area contributed by atoms with Gasteiger partial charge >= 0.3 is 0 Å². The van der Waals surface area contributed by atoms with Gasteiger partial charge in [0.05, 0.1) is 25.1 Å². The lowest BCUT2D eigenvalue weighted by Gasteiger charge is -2.29. The average Bonchev–Trinajstić information content (AvgIpc) is 2.45. The summed E-state index contributed by atoms with van der Waals surface area (Å²) < 4.78 is 5.37. The van der Waals surface area contributed by atoms with Gasteiger partial charge in [-0.1, -0.05) is 19.3 Å². The van der Waals surface area contributed by atoms with Crippen LogP contribution < -0.4 is 10.2 Å². The highest BCUT2D eigenvalue weighted by atomic mass is 16.5. The first kappa shape index (κ1) is 13.7. The smallest absolute Gasteiger partial charge is 0.128 e. The Kier molecular flexibility index (Phi) is 4.41. The molecule has 0 bridgehead atoms. The molecule has 0 aromatic carbocycles. The third-order valence-electron chi connectivity index (χ3n) is 4.41. The summed E-state index contributed by atoms with van der Waals surface area (Å²) in [5.74, 6) is 2.00. The van der Waals surface area contributed by atoms with E-state index in [0.29, 0.717) is 6.04 Å². The first-order chi connectivity index (χ1) is 9.81. The summed E-state index contributed by atoms with van der Waals surface area (Å²) in [6, 6.07) is 4.80. The minimum atomic E-state index is 0.538. The lowest BCUT2D eigenvalue weighted by Crippen LogP contribution is -2.36. The van der Waals surface area contributed by atoms with Gasteiger partial charge in [-0.15, -0.1) is 0 Å². The second-order valence-corrected chi connectivity index (χ2v) is 6.08. The zero-order valence-corrected chi connectivity index (χ0v) is 12.3. The van der Waals surface area contributed by atoms with Gasteiger partial charge in [0.2, 0.25) is 0 Å². The molecular weight excluding hydrogens is 250 g/mol. The van der Waals surface area contributed by atoms with Crippen LogP contribution in [0.5, 0.6) is 0 Å². The molecule has 1 saturated carbocycles. The van der Waals surface area contributed by atoms with E-state index in [-0.39, 0.29) is 0 Å². The molecule has 2 fully saturated rings. The van der Waals surface area contributed by atoms with Gasteiger partial charge in [0, 0.05) is 19.1 Å². The van der Waals surface area contributed by atoms with Gasteiger partial charge < -0.3 is 15.0 Å². The number of nitrogens with one attached hydrogen (secondary N) is 1.